The molecule has 66 valence electrons. The molecule has 1 rings (SSSR count). The summed E-state index contributed by atoms with van der Waals surface area (Å²) in [5, 5.41) is 8.84. The van der Waals surface area contributed by atoms with Crippen molar-refractivity contribution in [1.82, 2.24) is 0 Å². The Balaban J connectivity index is 2.37. The SMILES string of the molecule is CCCC1(C)CCC(CO)O1. The Bertz CT molecular complexity index is 125. The van der Waals surface area contributed by atoms with E-state index in [0.29, 0.717) is 0 Å². The van der Waals surface area contributed by atoms with Gasteiger partial charge >= 0.3 is 0 Å². The molecule has 0 bridgehead atoms. The van der Waals surface area contributed by atoms with Crippen molar-refractivity contribution >= 4 is 0 Å². The lowest BCUT2D eigenvalue weighted by Gasteiger charge is -2.23. The monoisotopic (exact) mass is 158 g/mol. The van der Waals surface area contributed by atoms with Crippen LogP contribution in [0.5, 0.6) is 0 Å². The fourth-order valence-electron chi connectivity index (χ4n) is 1.83. The average Bonchev–Trinajstić information content (AvgIpc) is 2.33. The van der Waals surface area contributed by atoms with Crippen molar-refractivity contribution in [3.63, 3.8) is 0 Å². The summed E-state index contributed by atoms with van der Waals surface area (Å²) in [6.07, 6.45) is 4.50. The van der Waals surface area contributed by atoms with Gasteiger partial charge in [0.25, 0.3) is 0 Å². The van der Waals surface area contributed by atoms with Crippen LogP contribution in [-0.2, 0) is 4.74 Å². The molecule has 11 heavy (non-hydrogen) atoms. The van der Waals surface area contributed by atoms with Crippen LogP contribution in [0.3, 0.4) is 0 Å². The molecule has 1 fully saturated rings. The van der Waals surface area contributed by atoms with Crippen LogP contribution in [0.1, 0.15) is 39.5 Å². The fourth-order valence-corrected chi connectivity index (χ4v) is 1.83. The number of ether oxygens (including phenoxy) is 1. The number of hydrogen-bond acceptors (Lipinski definition) is 2. The minimum Gasteiger partial charge on any atom is -0.394 e. The van der Waals surface area contributed by atoms with E-state index in [9.17, 15) is 0 Å². The Morgan fingerprint density at radius 1 is 1.64 bits per heavy atom. The van der Waals surface area contributed by atoms with Gasteiger partial charge in [0.1, 0.15) is 0 Å². The van der Waals surface area contributed by atoms with E-state index in [-0.39, 0.29) is 18.3 Å². The van der Waals surface area contributed by atoms with Crippen LogP contribution in [0.2, 0.25) is 0 Å². The van der Waals surface area contributed by atoms with E-state index in [4.69, 9.17) is 9.84 Å². The van der Waals surface area contributed by atoms with Crippen molar-refractivity contribution in [2.45, 2.75) is 51.2 Å². The molecule has 0 aromatic rings. The van der Waals surface area contributed by atoms with Crippen molar-refractivity contribution < 1.29 is 9.84 Å². The molecule has 0 aromatic heterocycles. The summed E-state index contributed by atoms with van der Waals surface area (Å²) in [6.45, 7) is 4.49. The van der Waals surface area contributed by atoms with Crippen molar-refractivity contribution in [2.75, 3.05) is 6.61 Å². The quantitative estimate of drug-likeness (QED) is 0.677. The van der Waals surface area contributed by atoms with Crippen LogP contribution in [0.4, 0.5) is 0 Å². The smallest absolute Gasteiger partial charge is 0.0814 e. The van der Waals surface area contributed by atoms with Crippen molar-refractivity contribution in [3.8, 4) is 0 Å². The first kappa shape index (κ1) is 9.01. The average molecular weight is 158 g/mol. The van der Waals surface area contributed by atoms with Gasteiger partial charge in [-0.1, -0.05) is 13.3 Å². The summed E-state index contributed by atoms with van der Waals surface area (Å²) >= 11 is 0. The van der Waals surface area contributed by atoms with Crippen molar-refractivity contribution in [2.24, 2.45) is 0 Å². The second-order valence-corrected chi connectivity index (χ2v) is 3.66. The van der Waals surface area contributed by atoms with Gasteiger partial charge in [-0.2, -0.15) is 0 Å². The molecule has 2 unspecified atom stereocenters. The Morgan fingerprint density at radius 2 is 2.36 bits per heavy atom. The largest absolute Gasteiger partial charge is 0.394 e. The summed E-state index contributed by atoms with van der Waals surface area (Å²) in [4.78, 5) is 0. The Labute approximate surface area is 68.6 Å². The summed E-state index contributed by atoms with van der Waals surface area (Å²) in [5.41, 5.74) is 0.0577. The molecule has 1 aliphatic rings. The highest BCUT2D eigenvalue weighted by atomic mass is 16.5. The standard InChI is InChI=1S/C9H18O2/c1-3-5-9(2)6-4-8(7-10)11-9/h8,10H,3-7H2,1-2H3. The van der Waals surface area contributed by atoms with E-state index in [0.717, 1.165) is 25.7 Å². The van der Waals surface area contributed by atoms with Gasteiger partial charge in [-0.05, 0) is 26.2 Å². The van der Waals surface area contributed by atoms with E-state index >= 15 is 0 Å². The predicted molar refractivity (Wildman–Crippen MR) is 44.5 cm³/mol. The molecule has 2 atom stereocenters. The number of aliphatic hydroxyl groups is 1. The maximum Gasteiger partial charge on any atom is 0.0814 e. The van der Waals surface area contributed by atoms with Gasteiger partial charge in [0, 0.05) is 0 Å². The Morgan fingerprint density at radius 3 is 2.82 bits per heavy atom. The minimum absolute atomic E-state index is 0.0577. The van der Waals surface area contributed by atoms with Gasteiger partial charge in [-0.15, -0.1) is 0 Å². The molecule has 0 aromatic carbocycles. The molecule has 2 heteroatoms. The van der Waals surface area contributed by atoms with Crippen LogP contribution >= 0.6 is 0 Å². The van der Waals surface area contributed by atoms with E-state index in [1.54, 1.807) is 0 Å². The fraction of sp³-hybridized carbons (Fsp3) is 1.00. The van der Waals surface area contributed by atoms with Gasteiger partial charge in [0.15, 0.2) is 0 Å². The van der Waals surface area contributed by atoms with Crippen molar-refractivity contribution in [3.05, 3.63) is 0 Å². The molecule has 1 aliphatic heterocycles. The zero-order valence-corrected chi connectivity index (χ0v) is 7.47. The van der Waals surface area contributed by atoms with Gasteiger partial charge < -0.3 is 9.84 Å². The highest BCUT2D eigenvalue weighted by Gasteiger charge is 2.34. The second kappa shape index (κ2) is 3.55. The van der Waals surface area contributed by atoms with Crippen LogP contribution in [0.15, 0.2) is 0 Å². The third kappa shape index (κ3) is 2.17. The molecule has 0 spiro atoms. The van der Waals surface area contributed by atoms with Crippen molar-refractivity contribution in [1.29, 1.82) is 0 Å². The van der Waals surface area contributed by atoms with E-state index in [1.807, 2.05) is 0 Å². The van der Waals surface area contributed by atoms with Gasteiger partial charge in [-0.25, -0.2) is 0 Å². The molecular formula is C9H18O2. The lowest BCUT2D eigenvalue weighted by atomic mass is 9.97. The van der Waals surface area contributed by atoms with Crippen LogP contribution in [0.25, 0.3) is 0 Å². The van der Waals surface area contributed by atoms with Gasteiger partial charge in [0.05, 0.1) is 18.3 Å². The molecule has 0 aliphatic carbocycles. The van der Waals surface area contributed by atoms with E-state index in [1.165, 1.54) is 0 Å². The first-order valence-electron chi connectivity index (χ1n) is 4.49. The Hall–Kier alpha value is -0.0800. The number of hydrogen-bond donors (Lipinski definition) is 1. The maximum absolute atomic E-state index is 8.84. The lowest BCUT2D eigenvalue weighted by molar-refractivity contribution is -0.0526. The first-order chi connectivity index (χ1) is 5.20. The normalized spacial score (nSPS) is 37.9. The maximum atomic E-state index is 8.84. The molecular weight excluding hydrogens is 140 g/mol. The summed E-state index contributed by atoms with van der Waals surface area (Å²) in [6, 6.07) is 0. The third-order valence-electron chi connectivity index (χ3n) is 2.43. The van der Waals surface area contributed by atoms with Crippen LogP contribution in [0, 0.1) is 0 Å². The molecule has 1 N–H and O–H groups in total. The zero-order chi connectivity index (χ0) is 8.32. The number of rotatable bonds is 3. The summed E-state index contributed by atoms with van der Waals surface area (Å²) in [7, 11) is 0. The van der Waals surface area contributed by atoms with Crippen LogP contribution < -0.4 is 0 Å². The first-order valence-corrected chi connectivity index (χ1v) is 4.49. The zero-order valence-electron chi connectivity index (χ0n) is 7.47. The molecule has 1 heterocycles. The lowest BCUT2D eigenvalue weighted by Crippen LogP contribution is -2.25. The molecule has 0 radical (unpaired) electrons. The minimum atomic E-state index is 0.0577. The van der Waals surface area contributed by atoms with Gasteiger partial charge in [0.2, 0.25) is 0 Å². The topological polar surface area (TPSA) is 29.5 Å². The molecule has 2 nitrogen and oxygen atoms in total. The highest BCUT2D eigenvalue weighted by Crippen LogP contribution is 2.33. The van der Waals surface area contributed by atoms with Crippen LogP contribution in [-0.4, -0.2) is 23.4 Å². The second-order valence-electron chi connectivity index (χ2n) is 3.66. The summed E-state index contributed by atoms with van der Waals surface area (Å²) in [5.74, 6) is 0. The number of aliphatic hydroxyl groups excluding tert-OH is 1. The van der Waals surface area contributed by atoms with E-state index < -0.39 is 0 Å². The van der Waals surface area contributed by atoms with Gasteiger partial charge in [-0.3, -0.25) is 0 Å². The van der Waals surface area contributed by atoms with E-state index in [2.05, 4.69) is 13.8 Å². The molecule has 0 saturated carbocycles. The predicted octanol–water partition coefficient (Wildman–Crippen LogP) is 1.72. The third-order valence-corrected chi connectivity index (χ3v) is 2.43. The molecule has 1 saturated heterocycles. The molecule has 0 amide bonds. The highest BCUT2D eigenvalue weighted by molar-refractivity contribution is 4.84. The Kier molecular flexibility index (Phi) is 2.90. The summed E-state index contributed by atoms with van der Waals surface area (Å²) < 4.78 is 5.69.